The summed E-state index contributed by atoms with van der Waals surface area (Å²) in [6, 6.07) is 0. The highest BCUT2D eigenvalue weighted by atomic mass is 15.1. The molecule has 0 aromatic rings. The molecule has 0 unspecified atom stereocenters. The van der Waals surface area contributed by atoms with Crippen molar-refractivity contribution in [3.8, 4) is 0 Å². The van der Waals surface area contributed by atoms with Gasteiger partial charge >= 0.3 is 0 Å². The second-order valence-corrected chi connectivity index (χ2v) is 6.91. The molecular formula is C14H29N. The smallest absolute Gasteiger partial charge is 0.000977 e. The first-order valence-electron chi connectivity index (χ1n) is 6.59. The lowest BCUT2D eigenvalue weighted by molar-refractivity contribution is 0.201. The molecule has 0 spiro atoms. The monoisotopic (exact) mass is 211 g/mol. The maximum atomic E-state index is 2.69. The molecule has 0 atom stereocenters. The zero-order chi connectivity index (χ0) is 11.5. The van der Waals surface area contributed by atoms with Crippen LogP contribution in [0.25, 0.3) is 0 Å². The Balaban J connectivity index is 2.27. The van der Waals surface area contributed by atoms with Gasteiger partial charge in [0.25, 0.3) is 0 Å². The van der Waals surface area contributed by atoms with E-state index in [-0.39, 0.29) is 0 Å². The molecule has 1 fully saturated rings. The number of hydrogen-bond donors (Lipinski definition) is 0. The van der Waals surface area contributed by atoms with Gasteiger partial charge in [0, 0.05) is 13.1 Å². The van der Waals surface area contributed by atoms with E-state index in [1.165, 1.54) is 38.9 Å². The van der Waals surface area contributed by atoms with Gasteiger partial charge in [-0.2, -0.15) is 0 Å². The SMILES string of the molecule is CC(C)CN(CCC(C)(C)C)CC1CC1. The third-order valence-electron chi connectivity index (χ3n) is 3.01. The van der Waals surface area contributed by atoms with Crippen LogP contribution in [0.5, 0.6) is 0 Å². The first kappa shape index (κ1) is 13.0. The Hall–Kier alpha value is -0.0400. The predicted molar refractivity (Wildman–Crippen MR) is 68.1 cm³/mol. The quantitative estimate of drug-likeness (QED) is 0.646. The van der Waals surface area contributed by atoms with E-state index in [4.69, 9.17) is 0 Å². The molecule has 1 aliphatic rings. The lowest BCUT2D eigenvalue weighted by atomic mass is 9.92. The molecular weight excluding hydrogens is 182 g/mol. The van der Waals surface area contributed by atoms with Gasteiger partial charge in [0.05, 0.1) is 0 Å². The largest absolute Gasteiger partial charge is 0.303 e. The first-order valence-corrected chi connectivity index (χ1v) is 6.59. The van der Waals surface area contributed by atoms with Gasteiger partial charge < -0.3 is 4.90 Å². The van der Waals surface area contributed by atoms with Crippen molar-refractivity contribution in [2.24, 2.45) is 17.3 Å². The van der Waals surface area contributed by atoms with E-state index >= 15 is 0 Å². The molecule has 1 heteroatoms. The Kier molecular flexibility index (Phi) is 4.64. The molecule has 1 rings (SSSR count). The van der Waals surface area contributed by atoms with Gasteiger partial charge in [0.15, 0.2) is 0 Å². The summed E-state index contributed by atoms with van der Waals surface area (Å²) >= 11 is 0. The minimum atomic E-state index is 0.485. The highest BCUT2D eigenvalue weighted by Crippen LogP contribution is 2.30. The fourth-order valence-electron chi connectivity index (χ4n) is 1.93. The van der Waals surface area contributed by atoms with Gasteiger partial charge in [-0.15, -0.1) is 0 Å². The predicted octanol–water partition coefficient (Wildman–Crippen LogP) is 3.79. The van der Waals surface area contributed by atoms with E-state index in [9.17, 15) is 0 Å². The number of rotatable bonds is 6. The number of hydrogen-bond acceptors (Lipinski definition) is 1. The summed E-state index contributed by atoms with van der Waals surface area (Å²) in [7, 11) is 0. The van der Waals surface area contributed by atoms with Gasteiger partial charge in [-0.05, 0) is 43.1 Å². The Morgan fingerprint density at radius 1 is 1.20 bits per heavy atom. The van der Waals surface area contributed by atoms with E-state index in [1.54, 1.807) is 0 Å². The third kappa shape index (κ3) is 6.94. The maximum Gasteiger partial charge on any atom is 0.000977 e. The molecule has 0 aliphatic heterocycles. The summed E-state index contributed by atoms with van der Waals surface area (Å²) in [5, 5.41) is 0. The average molecular weight is 211 g/mol. The van der Waals surface area contributed by atoms with E-state index in [1.807, 2.05) is 0 Å². The van der Waals surface area contributed by atoms with Crippen LogP contribution in [0.15, 0.2) is 0 Å². The summed E-state index contributed by atoms with van der Waals surface area (Å²) in [5.41, 5.74) is 0.485. The van der Waals surface area contributed by atoms with Crippen LogP contribution in [0.3, 0.4) is 0 Å². The first-order chi connectivity index (χ1) is 6.87. The van der Waals surface area contributed by atoms with E-state index in [0.29, 0.717) is 5.41 Å². The molecule has 0 radical (unpaired) electrons. The van der Waals surface area contributed by atoms with Crippen LogP contribution in [0.2, 0.25) is 0 Å². The van der Waals surface area contributed by atoms with Crippen molar-refractivity contribution in [1.82, 2.24) is 4.90 Å². The molecule has 1 nitrogen and oxygen atoms in total. The lowest BCUT2D eigenvalue weighted by Gasteiger charge is -2.28. The van der Waals surface area contributed by atoms with Crippen molar-refractivity contribution < 1.29 is 0 Å². The van der Waals surface area contributed by atoms with E-state index < -0.39 is 0 Å². The van der Waals surface area contributed by atoms with Crippen molar-refractivity contribution >= 4 is 0 Å². The lowest BCUT2D eigenvalue weighted by Crippen LogP contribution is -2.32. The molecule has 0 N–H and O–H groups in total. The molecule has 0 aromatic heterocycles. The fraction of sp³-hybridized carbons (Fsp3) is 1.00. The number of nitrogens with zero attached hydrogens (tertiary/aromatic N) is 1. The summed E-state index contributed by atoms with van der Waals surface area (Å²) < 4.78 is 0. The summed E-state index contributed by atoms with van der Waals surface area (Å²) in [6.45, 7) is 15.6. The molecule has 15 heavy (non-hydrogen) atoms. The van der Waals surface area contributed by atoms with E-state index in [2.05, 4.69) is 39.5 Å². The molecule has 0 saturated heterocycles. The molecule has 0 bridgehead atoms. The Bertz CT molecular complexity index is 170. The van der Waals surface area contributed by atoms with Crippen molar-refractivity contribution in [2.75, 3.05) is 19.6 Å². The second kappa shape index (κ2) is 5.34. The van der Waals surface area contributed by atoms with Crippen LogP contribution >= 0.6 is 0 Å². The normalized spacial score (nSPS) is 17.8. The van der Waals surface area contributed by atoms with Crippen LogP contribution in [-0.4, -0.2) is 24.5 Å². The molecule has 0 amide bonds. The van der Waals surface area contributed by atoms with Crippen molar-refractivity contribution in [2.45, 2.75) is 53.9 Å². The highest BCUT2D eigenvalue weighted by molar-refractivity contribution is 4.78. The summed E-state index contributed by atoms with van der Waals surface area (Å²) in [6.07, 6.45) is 4.28. The van der Waals surface area contributed by atoms with Crippen LogP contribution in [0.4, 0.5) is 0 Å². The topological polar surface area (TPSA) is 3.24 Å². The van der Waals surface area contributed by atoms with Gasteiger partial charge in [0.1, 0.15) is 0 Å². The van der Waals surface area contributed by atoms with Gasteiger partial charge in [-0.3, -0.25) is 0 Å². The average Bonchev–Trinajstić information content (AvgIpc) is 2.81. The van der Waals surface area contributed by atoms with Gasteiger partial charge in [0.2, 0.25) is 0 Å². The van der Waals surface area contributed by atoms with Crippen LogP contribution in [0, 0.1) is 17.3 Å². The zero-order valence-corrected chi connectivity index (χ0v) is 11.3. The van der Waals surface area contributed by atoms with Crippen molar-refractivity contribution in [1.29, 1.82) is 0 Å². The Morgan fingerprint density at radius 3 is 2.20 bits per heavy atom. The minimum Gasteiger partial charge on any atom is -0.303 e. The van der Waals surface area contributed by atoms with Gasteiger partial charge in [-0.1, -0.05) is 34.6 Å². The summed E-state index contributed by atoms with van der Waals surface area (Å²) in [5.74, 6) is 1.84. The molecule has 0 aromatic carbocycles. The molecule has 1 saturated carbocycles. The fourth-order valence-corrected chi connectivity index (χ4v) is 1.93. The maximum absolute atomic E-state index is 2.69. The van der Waals surface area contributed by atoms with Gasteiger partial charge in [-0.25, -0.2) is 0 Å². The van der Waals surface area contributed by atoms with Crippen molar-refractivity contribution in [3.63, 3.8) is 0 Å². The van der Waals surface area contributed by atoms with Crippen LogP contribution in [-0.2, 0) is 0 Å². The Morgan fingerprint density at radius 2 is 1.80 bits per heavy atom. The molecule has 90 valence electrons. The second-order valence-electron chi connectivity index (χ2n) is 6.91. The standard InChI is InChI=1S/C14H29N/c1-12(2)10-15(11-13-6-7-13)9-8-14(3,4)5/h12-13H,6-11H2,1-5H3. The molecule has 1 aliphatic carbocycles. The zero-order valence-electron chi connectivity index (χ0n) is 11.3. The minimum absolute atomic E-state index is 0.485. The van der Waals surface area contributed by atoms with E-state index in [0.717, 1.165) is 11.8 Å². The van der Waals surface area contributed by atoms with Crippen molar-refractivity contribution in [3.05, 3.63) is 0 Å². The van der Waals surface area contributed by atoms with Crippen LogP contribution in [0.1, 0.15) is 53.9 Å². The highest BCUT2D eigenvalue weighted by Gasteiger charge is 2.25. The third-order valence-corrected chi connectivity index (χ3v) is 3.01. The summed E-state index contributed by atoms with van der Waals surface area (Å²) in [4.78, 5) is 2.69. The Labute approximate surface area is 96.2 Å². The molecule has 0 heterocycles. The van der Waals surface area contributed by atoms with Crippen LogP contribution < -0.4 is 0 Å².